The van der Waals surface area contributed by atoms with Gasteiger partial charge in [0.1, 0.15) is 0 Å². The van der Waals surface area contributed by atoms with Gasteiger partial charge in [-0.05, 0) is 12.8 Å². The Labute approximate surface area is 102 Å². The number of rotatable bonds is 5. The summed E-state index contributed by atoms with van der Waals surface area (Å²) >= 11 is 0. The van der Waals surface area contributed by atoms with Crippen molar-refractivity contribution in [2.24, 2.45) is 5.73 Å². The van der Waals surface area contributed by atoms with E-state index in [-0.39, 0.29) is 0 Å². The molecule has 5 heteroatoms. The van der Waals surface area contributed by atoms with E-state index in [1.807, 2.05) is 0 Å². The topological polar surface area (TPSA) is 66.0 Å². The molecule has 2 rings (SSSR count). The Hall–Kier alpha value is -0.940. The second-order valence-corrected chi connectivity index (χ2v) is 4.67. The van der Waals surface area contributed by atoms with Crippen molar-refractivity contribution in [3.05, 3.63) is 11.4 Å². The van der Waals surface area contributed by atoms with Crippen molar-refractivity contribution in [1.82, 2.24) is 15.0 Å². The Morgan fingerprint density at radius 1 is 1.35 bits per heavy atom. The Bertz CT molecular complexity index is 344. The molecule has 2 N–H and O–H groups in total. The van der Waals surface area contributed by atoms with Gasteiger partial charge in [0, 0.05) is 20.1 Å². The van der Waals surface area contributed by atoms with E-state index in [9.17, 15) is 0 Å². The van der Waals surface area contributed by atoms with E-state index in [2.05, 4.69) is 15.0 Å². The highest BCUT2D eigenvalue weighted by Gasteiger charge is 2.21. The molecule has 17 heavy (non-hydrogen) atoms. The number of hydrogen-bond acceptors (Lipinski definition) is 4. The molecule has 0 amide bonds. The van der Waals surface area contributed by atoms with Crippen molar-refractivity contribution in [3.8, 4) is 0 Å². The van der Waals surface area contributed by atoms with Crippen molar-refractivity contribution in [2.45, 2.75) is 51.1 Å². The second-order valence-electron chi connectivity index (χ2n) is 4.67. The molecule has 0 unspecified atom stereocenters. The molecule has 1 aliphatic carbocycles. The second kappa shape index (κ2) is 6.12. The van der Waals surface area contributed by atoms with Gasteiger partial charge in [-0.15, -0.1) is 5.10 Å². The van der Waals surface area contributed by atoms with Gasteiger partial charge in [-0.1, -0.05) is 24.5 Å². The van der Waals surface area contributed by atoms with Crippen LogP contribution in [0.25, 0.3) is 0 Å². The van der Waals surface area contributed by atoms with Crippen molar-refractivity contribution in [2.75, 3.05) is 13.7 Å². The third-order valence-electron chi connectivity index (χ3n) is 3.53. The predicted octanol–water partition coefficient (Wildman–Crippen LogP) is 1.43. The van der Waals surface area contributed by atoms with Crippen LogP contribution >= 0.6 is 0 Å². The maximum absolute atomic E-state index is 5.71. The summed E-state index contributed by atoms with van der Waals surface area (Å²) in [6.45, 7) is 1.17. The van der Waals surface area contributed by atoms with Crippen molar-refractivity contribution in [1.29, 1.82) is 0 Å². The number of nitrogens with zero attached hydrogens (tertiary/aromatic N) is 3. The number of aromatic nitrogens is 3. The first kappa shape index (κ1) is 12.5. The first-order chi connectivity index (χ1) is 8.36. The summed E-state index contributed by atoms with van der Waals surface area (Å²) in [5, 5.41) is 8.49. The van der Waals surface area contributed by atoms with Gasteiger partial charge in [0.05, 0.1) is 24.0 Å². The fourth-order valence-electron chi connectivity index (χ4n) is 2.58. The van der Waals surface area contributed by atoms with Crippen LogP contribution in [-0.2, 0) is 17.7 Å². The molecule has 1 saturated carbocycles. The fourth-order valence-corrected chi connectivity index (χ4v) is 2.58. The quantitative estimate of drug-likeness (QED) is 0.842. The minimum atomic E-state index is 0.464. The fraction of sp³-hybridized carbons (Fsp3) is 0.833. The number of hydrogen-bond donors (Lipinski definition) is 1. The lowest BCUT2D eigenvalue weighted by molar-refractivity contribution is 0.198. The molecule has 96 valence electrons. The lowest BCUT2D eigenvalue weighted by Crippen LogP contribution is -2.18. The molecule has 0 atom stereocenters. The molecule has 0 bridgehead atoms. The van der Waals surface area contributed by atoms with Gasteiger partial charge in [0.2, 0.25) is 0 Å². The van der Waals surface area contributed by atoms with E-state index in [0.29, 0.717) is 19.2 Å². The molecule has 5 nitrogen and oxygen atoms in total. The maximum atomic E-state index is 5.71. The molecule has 1 aromatic heterocycles. The van der Waals surface area contributed by atoms with Crippen LogP contribution in [0, 0.1) is 0 Å². The minimum Gasteiger partial charge on any atom is -0.384 e. The van der Waals surface area contributed by atoms with Crippen molar-refractivity contribution in [3.63, 3.8) is 0 Å². The van der Waals surface area contributed by atoms with Gasteiger partial charge in [-0.3, -0.25) is 0 Å². The van der Waals surface area contributed by atoms with Gasteiger partial charge in [-0.25, -0.2) is 4.68 Å². The summed E-state index contributed by atoms with van der Waals surface area (Å²) in [6.07, 6.45) is 7.23. The maximum Gasteiger partial charge on any atom is 0.0995 e. The monoisotopic (exact) mass is 238 g/mol. The largest absolute Gasteiger partial charge is 0.384 e. The predicted molar refractivity (Wildman–Crippen MR) is 65.6 cm³/mol. The van der Waals surface area contributed by atoms with Crippen LogP contribution in [0.1, 0.15) is 49.5 Å². The molecular weight excluding hydrogens is 216 g/mol. The summed E-state index contributed by atoms with van der Waals surface area (Å²) in [7, 11) is 1.72. The molecule has 0 radical (unpaired) electrons. The number of ether oxygens (including phenoxy) is 1. The molecule has 1 fully saturated rings. The SMILES string of the molecule is COCCc1c(CN)nnn1C1CCCCC1. The molecule has 0 spiro atoms. The highest BCUT2D eigenvalue weighted by molar-refractivity contribution is 5.11. The zero-order valence-corrected chi connectivity index (χ0v) is 10.6. The standard InChI is InChI=1S/C12H22N4O/c1-17-8-7-12-11(9-13)14-15-16(12)10-5-3-2-4-6-10/h10H,2-9,13H2,1H3. The molecule has 0 aromatic carbocycles. The van der Waals surface area contributed by atoms with Crippen LogP contribution in [0.3, 0.4) is 0 Å². The Kier molecular flexibility index (Phi) is 4.50. The van der Waals surface area contributed by atoms with E-state index in [1.54, 1.807) is 7.11 Å². The number of nitrogens with two attached hydrogens (primary N) is 1. The van der Waals surface area contributed by atoms with Crippen LogP contribution < -0.4 is 5.73 Å². The number of methoxy groups -OCH3 is 1. The van der Waals surface area contributed by atoms with Gasteiger partial charge < -0.3 is 10.5 Å². The van der Waals surface area contributed by atoms with E-state index < -0.39 is 0 Å². The van der Waals surface area contributed by atoms with Crippen LogP contribution in [0.15, 0.2) is 0 Å². The van der Waals surface area contributed by atoms with Gasteiger partial charge >= 0.3 is 0 Å². The first-order valence-electron chi connectivity index (χ1n) is 6.48. The summed E-state index contributed by atoms with van der Waals surface area (Å²) < 4.78 is 7.24. The summed E-state index contributed by atoms with van der Waals surface area (Å²) in [6, 6.07) is 0.517. The Morgan fingerprint density at radius 2 is 2.12 bits per heavy atom. The third-order valence-corrected chi connectivity index (χ3v) is 3.53. The molecule has 0 saturated heterocycles. The average Bonchev–Trinajstić information content (AvgIpc) is 2.80. The van der Waals surface area contributed by atoms with Gasteiger partial charge in [0.15, 0.2) is 0 Å². The highest BCUT2D eigenvalue weighted by Crippen LogP contribution is 2.29. The van der Waals surface area contributed by atoms with Crippen molar-refractivity contribution < 1.29 is 4.74 Å². The van der Waals surface area contributed by atoms with E-state index in [0.717, 1.165) is 12.1 Å². The zero-order valence-electron chi connectivity index (χ0n) is 10.6. The van der Waals surface area contributed by atoms with E-state index >= 15 is 0 Å². The molecule has 1 heterocycles. The average molecular weight is 238 g/mol. The molecule has 1 aromatic rings. The smallest absolute Gasteiger partial charge is 0.0995 e. The van der Waals surface area contributed by atoms with E-state index in [4.69, 9.17) is 10.5 Å². The Morgan fingerprint density at radius 3 is 2.76 bits per heavy atom. The summed E-state index contributed by atoms with van der Waals surface area (Å²) in [5.74, 6) is 0. The normalized spacial score (nSPS) is 17.5. The third kappa shape index (κ3) is 2.84. The lowest BCUT2D eigenvalue weighted by atomic mass is 9.95. The minimum absolute atomic E-state index is 0.464. The van der Waals surface area contributed by atoms with Crippen LogP contribution in [0.4, 0.5) is 0 Å². The van der Waals surface area contributed by atoms with Crippen LogP contribution in [-0.4, -0.2) is 28.7 Å². The van der Waals surface area contributed by atoms with Crippen molar-refractivity contribution >= 4 is 0 Å². The molecule has 1 aliphatic rings. The lowest BCUT2D eigenvalue weighted by Gasteiger charge is -2.23. The first-order valence-corrected chi connectivity index (χ1v) is 6.48. The van der Waals surface area contributed by atoms with Gasteiger partial charge in [0.25, 0.3) is 0 Å². The van der Waals surface area contributed by atoms with Gasteiger partial charge in [-0.2, -0.15) is 0 Å². The molecular formula is C12H22N4O. The summed E-state index contributed by atoms with van der Waals surface area (Å²) in [5.41, 5.74) is 7.80. The molecule has 0 aliphatic heterocycles. The zero-order chi connectivity index (χ0) is 12.1. The van der Waals surface area contributed by atoms with Crippen LogP contribution in [0.5, 0.6) is 0 Å². The summed E-state index contributed by atoms with van der Waals surface area (Å²) in [4.78, 5) is 0. The van der Waals surface area contributed by atoms with E-state index in [1.165, 1.54) is 37.8 Å². The Balaban J connectivity index is 2.16. The highest BCUT2D eigenvalue weighted by atomic mass is 16.5. The van der Waals surface area contributed by atoms with Crippen LogP contribution in [0.2, 0.25) is 0 Å².